The number of ether oxygens (including phenoxy) is 1. The highest BCUT2D eigenvalue weighted by molar-refractivity contribution is 5.63. The molecule has 0 bridgehead atoms. The van der Waals surface area contributed by atoms with Crippen molar-refractivity contribution >= 4 is 12.2 Å². The number of aliphatic hydroxyl groups is 1. The lowest BCUT2D eigenvalue weighted by atomic mass is 9.99. The average Bonchev–Trinajstić information content (AvgIpc) is 2.84. The average molecular weight is 450 g/mol. The van der Waals surface area contributed by atoms with Gasteiger partial charge in [-0.1, -0.05) is 19.1 Å². The fourth-order valence-electron chi connectivity index (χ4n) is 3.93. The van der Waals surface area contributed by atoms with Crippen molar-refractivity contribution in [1.82, 2.24) is 24.8 Å². The van der Waals surface area contributed by atoms with Crippen molar-refractivity contribution in [2.24, 2.45) is 0 Å². The SMILES string of the molecule is CC/C=c1/c(-c2cc(C(O)c3nccnc3C)ccc2F)ncn/c1=C/CN1CCOCC1. The zero-order chi connectivity index (χ0) is 23.2. The van der Waals surface area contributed by atoms with Gasteiger partial charge in [0.1, 0.15) is 18.2 Å². The minimum atomic E-state index is -1.02. The second kappa shape index (κ2) is 10.7. The molecule has 0 radical (unpaired) electrons. The highest BCUT2D eigenvalue weighted by Gasteiger charge is 2.18. The summed E-state index contributed by atoms with van der Waals surface area (Å²) in [5.41, 5.74) is 2.41. The third-order valence-electron chi connectivity index (χ3n) is 5.71. The Hall–Kier alpha value is -3.07. The number of morpholine rings is 1. The Kier molecular flexibility index (Phi) is 7.49. The first-order valence-electron chi connectivity index (χ1n) is 11.2. The van der Waals surface area contributed by atoms with Crippen molar-refractivity contribution in [1.29, 1.82) is 0 Å². The second-order valence-corrected chi connectivity index (χ2v) is 7.92. The van der Waals surface area contributed by atoms with Gasteiger partial charge in [0, 0.05) is 42.8 Å². The topological polar surface area (TPSA) is 84.3 Å². The van der Waals surface area contributed by atoms with Crippen molar-refractivity contribution in [2.75, 3.05) is 32.8 Å². The van der Waals surface area contributed by atoms with E-state index < -0.39 is 11.9 Å². The van der Waals surface area contributed by atoms with E-state index in [1.54, 1.807) is 25.3 Å². The van der Waals surface area contributed by atoms with Crippen LogP contribution < -0.4 is 10.6 Å². The summed E-state index contributed by atoms with van der Waals surface area (Å²) in [6, 6.07) is 4.55. The van der Waals surface area contributed by atoms with Crippen LogP contribution in [0.4, 0.5) is 4.39 Å². The van der Waals surface area contributed by atoms with Crippen LogP contribution in [0, 0.1) is 12.7 Å². The Morgan fingerprint density at radius 3 is 2.67 bits per heavy atom. The molecule has 1 fully saturated rings. The van der Waals surface area contributed by atoms with Gasteiger partial charge in [0.05, 0.1) is 35.6 Å². The molecule has 172 valence electrons. The number of hydrogen-bond donors (Lipinski definition) is 1. The summed E-state index contributed by atoms with van der Waals surface area (Å²) in [6.45, 7) is 7.73. The molecule has 1 N–H and O–H groups in total. The Bertz CT molecular complexity index is 1230. The molecular formula is C25H28FN5O2. The molecule has 8 heteroatoms. The van der Waals surface area contributed by atoms with Crippen molar-refractivity contribution < 1.29 is 14.2 Å². The Balaban J connectivity index is 1.76. The molecular weight excluding hydrogens is 421 g/mol. The molecule has 1 saturated heterocycles. The number of halogens is 1. The van der Waals surface area contributed by atoms with Crippen LogP contribution in [-0.4, -0.2) is 62.8 Å². The van der Waals surface area contributed by atoms with Crippen LogP contribution in [-0.2, 0) is 4.74 Å². The van der Waals surface area contributed by atoms with Crippen LogP contribution in [0.2, 0.25) is 0 Å². The van der Waals surface area contributed by atoms with Crippen LogP contribution in [0.5, 0.6) is 0 Å². The maximum Gasteiger partial charge on any atom is 0.132 e. The Morgan fingerprint density at radius 2 is 1.91 bits per heavy atom. The fourth-order valence-corrected chi connectivity index (χ4v) is 3.93. The standard InChI is InChI=1S/C25H28FN5O2/c1-3-4-19-22(7-10-31-11-13-33-14-12-31)29-16-30-24(19)20-15-18(5-6-21(20)26)25(32)23-17(2)27-8-9-28-23/h4-9,15-16,25,32H,3,10-14H2,1-2H3/b19-4+,22-7+. The number of aliphatic hydroxyl groups excluding tert-OH is 1. The van der Waals surface area contributed by atoms with Crippen molar-refractivity contribution in [3.8, 4) is 11.3 Å². The summed E-state index contributed by atoms with van der Waals surface area (Å²) in [5.74, 6) is -0.412. The first-order valence-corrected chi connectivity index (χ1v) is 11.2. The maximum atomic E-state index is 15.0. The molecule has 1 aromatic carbocycles. The van der Waals surface area contributed by atoms with E-state index in [-0.39, 0.29) is 0 Å². The summed E-state index contributed by atoms with van der Waals surface area (Å²) >= 11 is 0. The minimum absolute atomic E-state index is 0.316. The monoisotopic (exact) mass is 449 g/mol. The molecule has 3 heterocycles. The predicted octanol–water partition coefficient (Wildman–Crippen LogP) is 1.77. The molecule has 3 aromatic rings. The molecule has 0 aliphatic carbocycles. The van der Waals surface area contributed by atoms with Gasteiger partial charge in [-0.25, -0.2) is 14.4 Å². The summed E-state index contributed by atoms with van der Waals surface area (Å²) in [6.07, 6.45) is 8.36. The summed E-state index contributed by atoms with van der Waals surface area (Å²) in [5, 5.41) is 12.5. The molecule has 2 aromatic heterocycles. The van der Waals surface area contributed by atoms with Crippen LogP contribution in [0.25, 0.3) is 23.4 Å². The summed E-state index contributed by atoms with van der Waals surface area (Å²) in [4.78, 5) is 19.6. The predicted molar refractivity (Wildman–Crippen MR) is 124 cm³/mol. The van der Waals surface area contributed by atoms with Gasteiger partial charge < -0.3 is 9.84 Å². The van der Waals surface area contributed by atoms with Gasteiger partial charge in [0.15, 0.2) is 0 Å². The van der Waals surface area contributed by atoms with E-state index in [2.05, 4.69) is 30.9 Å². The van der Waals surface area contributed by atoms with E-state index in [0.717, 1.165) is 49.8 Å². The van der Waals surface area contributed by atoms with Crippen LogP contribution in [0.15, 0.2) is 36.9 Å². The third-order valence-corrected chi connectivity index (χ3v) is 5.71. The largest absolute Gasteiger partial charge is 0.382 e. The number of nitrogens with zero attached hydrogens (tertiary/aromatic N) is 5. The fraction of sp³-hybridized carbons (Fsp3) is 0.360. The highest BCUT2D eigenvalue weighted by Crippen LogP contribution is 2.27. The highest BCUT2D eigenvalue weighted by atomic mass is 19.1. The van der Waals surface area contributed by atoms with Gasteiger partial charge in [-0.05, 0) is 37.1 Å². The summed E-state index contributed by atoms with van der Waals surface area (Å²) < 4.78 is 20.4. The van der Waals surface area contributed by atoms with Gasteiger partial charge in [-0.2, -0.15) is 0 Å². The quantitative estimate of drug-likeness (QED) is 0.614. The molecule has 4 rings (SSSR count). The molecule has 0 spiro atoms. The van der Waals surface area contributed by atoms with Crippen molar-refractivity contribution in [2.45, 2.75) is 26.4 Å². The van der Waals surface area contributed by atoms with Gasteiger partial charge in [-0.3, -0.25) is 14.9 Å². The van der Waals surface area contributed by atoms with Crippen molar-refractivity contribution in [3.63, 3.8) is 0 Å². The Labute approximate surface area is 192 Å². The van der Waals surface area contributed by atoms with E-state index in [4.69, 9.17) is 4.74 Å². The van der Waals surface area contributed by atoms with E-state index in [0.29, 0.717) is 28.2 Å². The van der Waals surface area contributed by atoms with E-state index >= 15 is 4.39 Å². The molecule has 0 amide bonds. The lowest BCUT2D eigenvalue weighted by Crippen LogP contribution is -2.38. The number of hydrogen-bond acceptors (Lipinski definition) is 7. The lowest BCUT2D eigenvalue weighted by Gasteiger charge is -2.25. The zero-order valence-electron chi connectivity index (χ0n) is 18.9. The van der Waals surface area contributed by atoms with Crippen molar-refractivity contribution in [3.05, 3.63) is 70.3 Å². The number of rotatable bonds is 6. The molecule has 1 aliphatic heterocycles. The van der Waals surface area contributed by atoms with E-state index in [1.807, 2.05) is 13.0 Å². The number of aromatic nitrogens is 4. The van der Waals surface area contributed by atoms with Gasteiger partial charge in [-0.15, -0.1) is 0 Å². The zero-order valence-corrected chi connectivity index (χ0v) is 18.9. The van der Waals surface area contributed by atoms with Crippen LogP contribution >= 0.6 is 0 Å². The van der Waals surface area contributed by atoms with Gasteiger partial charge >= 0.3 is 0 Å². The van der Waals surface area contributed by atoms with E-state index in [1.165, 1.54) is 18.6 Å². The summed E-state index contributed by atoms with van der Waals surface area (Å²) in [7, 11) is 0. The molecule has 0 saturated carbocycles. The smallest absolute Gasteiger partial charge is 0.132 e. The molecule has 1 aliphatic rings. The van der Waals surface area contributed by atoms with Crippen LogP contribution in [0.1, 0.15) is 36.4 Å². The first-order chi connectivity index (χ1) is 16.1. The maximum absolute atomic E-state index is 15.0. The number of benzene rings is 1. The number of aryl methyl sites for hydroxylation is 1. The van der Waals surface area contributed by atoms with E-state index in [9.17, 15) is 5.11 Å². The molecule has 1 unspecified atom stereocenters. The first kappa shape index (κ1) is 23.1. The third kappa shape index (κ3) is 5.30. The van der Waals surface area contributed by atoms with Gasteiger partial charge in [0.2, 0.25) is 0 Å². The molecule has 7 nitrogen and oxygen atoms in total. The molecule has 1 atom stereocenters. The Morgan fingerprint density at radius 1 is 1.12 bits per heavy atom. The molecule has 33 heavy (non-hydrogen) atoms. The minimum Gasteiger partial charge on any atom is -0.382 e. The van der Waals surface area contributed by atoms with Crippen LogP contribution in [0.3, 0.4) is 0 Å². The normalized spacial score (nSPS) is 16.8. The van der Waals surface area contributed by atoms with Gasteiger partial charge in [0.25, 0.3) is 0 Å². The lowest BCUT2D eigenvalue weighted by molar-refractivity contribution is 0.0449. The second-order valence-electron chi connectivity index (χ2n) is 7.92.